The number of rotatable bonds is 1. The first kappa shape index (κ1) is 21.1. The van der Waals surface area contributed by atoms with E-state index >= 15 is 0 Å². The van der Waals surface area contributed by atoms with Crippen LogP contribution >= 0.6 is 0 Å². The molecule has 2 bridgehead atoms. The van der Waals surface area contributed by atoms with Crippen LogP contribution in [0.3, 0.4) is 0 Å². The van der Waals surface area contributed by atoms with E-state index in [9.17, 15) is 4.79 Å². The number of hydrogen-bond acceptors (Lipinski definition) is 2. The van der Waals surface area contributed by atoms with Gasteiger partial charge in [0.15, 0.2) is 0 Å². The van der Waals surface area contributed by atoms with Gasteiger partial charge in [-0.15, -0.1) is 0 Å². The molecule has 0 atom stereocenters. The fraction of sp³-hybridized carbons (Fsp3) is 0.938. The van der Waals surface area contributed by atoms with Crippen LogP contribution in [0, 0.1) is 0 Å². The molecule has 0 unspecified atom stereocenters. The molecule has 3 aliphatic rings. The molecule has 0 radical (unpaired) electrons. The van der Waals surface area contributed by atoms with Crippen LogP contribution in [0.25, 0.3) is 0 Å². The Morgan fingerprint density at radius 3 is 1.12 bits per heavy atom. The Bertz CT molecular complexity index is 522. The van der Waals surface area contributed by atoms with Crippen molar-refractivity contribution in [2.75, 3.05) is 7.11 Å². The van der Waals surface area contributed by atoms with E-state index < -0.39 is 45.5 Å². The molecule has 3 fully saturated rings. The Morgan fingerprint density at radius 2 is 0.917 bits per heavy atom. The third kappa shape index (κ3) is 1.65. The maximum atomic E-state index is 13.8. The fourth-order valence-electron chi connectivity index (χ4n) is 8.50. The zero-order valence-electron chi connectivity index (χ0n) is 18.4. The van der Waals surface area contributed by atoms with Crippen molar-refractivity contribution in [1.82, 2.24) is 0 Å². The van der Waals surface area contributed by atoms with Gasteiger partial charge in [0.2, 0.25) is 0 Å². The highest BCUT2D eigenvalue weighted by atomic mass is 29.4. The van der Waals surface area contributed by atoms with Crippen LogP contribution in [0.4, 0.5) is 0 Å². The van der Waals surface area contributed by atoms with Crippen molar-refractivity contribution in [3.63, 3.8) is 0 Å². The summed E-state index contributed by atoms with van der Waals surface area (Å²) in [4.78, 5) is 14.9. The van der Waals surface area contributed by atoms with Crippen LogP contribution in [0.5, 0.6) is 0 Å². The Balaban J connectivity index is 3.13. The number of hydrogen-bond donors (Lipinski definition) is 0. The van der Waals surface area contributed by atoms with E-state index in [1.165, 1.54) is 0 Å². The summed E-state index contributed by atoms with van der Waals surface area (Å²) in [6.45, 7) is 31.9. The van der Waals surface area contributed by atoms with E-state index in [4.69, 9.17) is 4.74 Å². The molecule has 140 valence electrons. The molecule has 3 saturated heterocycles. The average molecular weight is 433 g/mol. The number of ether oxygens (including phenoxy) is 1. The Morgan fingerprint density at radius 1 is 0.667 bits per heavy atom. The summed E-state index contributed by atoms with van der Waals surface area (Å²) >= 11 is 0. The number of carbonyl (C=O) groups is 1. The molecule has 3 heterocycles. The van der Waals surface area contributed by atoms with Gasteiger partial charge in [-0.2, -0.15) is 0 Å². The molecular formula is C16H40O2Si6. The van der Waals surface area contributed by atoms with Crippen molar-refractivity contribution in [2.45, 2.75) is 87.6 Å². The monoisotopic (exact) mass is 432 g/mol. The van der Waals surface area contributed by atoms with Crippen molar-refractivity contribution in [2.24, 2.45) is 0 Å². The molecule has 3 aliphatic heterocycles. The summed E-state index contributed by atoms with van der Waals surface area (Å²) in [7, 11) is -7.89. The van der Waals surface area contributed by atoms with Gasteiger partial charge in [-0.25, -0.2) is 0 Å². The molecule has 0 saturated carbocycles. The highest BCUT2D eigenvalue weighted by molar-refractivity contribution is 7.77. The van der Waals surface area contributed by atoms with Gasteiger partial charge in [-0.1, -0.05) is 83.4 Å². The third-order valence-corrected chi connectivity index (χ3v) is 99.4. The van der Waals surface area contributed by atoms with Gasteiger partial charge in [0.05, 0.1) is 29.9 Å². The second-order valence-corrected chi connectivity index (χ2v) is 61.9. The molecule has 0 amide bonds. The number of methoxy groups -OCH3 is 1. The summed E-state index contributed by atoms with van der Waals surface area (Å²) in [6, 6.07) is 0. The van der Waals surface area contributed by atoms with Crippen molar-refractivity contribution in [3.05, 3.63) is 0 Å². The van der Waals surface area contributed by atoms with Gasteiger partial charge in [-0.05, 0) is 0 Å². The summed E-state index contributed by atoms with van der Waals surface area (Å²) in [5, 5.41) is 0. The van der Waals surface area contributed by atoms with E-state index in [0.29, 0.717) is 0 Å². The molecule has 0 spiro atoms. The second-order valence-electron chi connectivity index (χ2n) is 11.7. The van der Waals surface area contributed by atoms with Crippen molar-refractivity contribution >= 4 is 51.5 Å². The summed E-state index contributed by atoms with van der Waals surface area (Å²) in [5.41, 5.74) is 0. The van der Waals surface area contributed by atoms with Gasteiger partial charge in [0.1, 0.15) is 0 Å². The molecule has 0 aromatic carbocycles. The van der Waals surface area contributed by atoms with Crippen LogP contribution < -0.4 is 0 Å². The van der Waals surface area contributed by atoms with Crippen molar-refractivity contribution < 1.29 is 9.53 Å². The normalized spacial score (nSPS) is 39.3. The van der Waals surface area contributed by atoms with E-state index in [2.05, 4.69) is 78.6 Å². The lowest BCUT2D eigenvalue weighted by Gasteiger charge is -2.83. The predicted octanol–water partition coefficient (Wildman–Crippen LogP) is 4.94. The van der Waals surface area contributed by atoms with E-state index in [1.807, 2.05) is 0 Å². The van der Waals surface area contributed by atoms with Gasteiger partial charge < -0.3 is 4.74 Å². The fourth-order valence-corrected chi connectivity index (χ4v) is 152. The largest absolute Gasteiger partial charge is 0.469 e. The molecule has 0 aliphatic carbocycles. The SMILES string of the molecule is COC(=O)C12[Si](C)(C)[Si](C)(C)C([Si](C)(C)[Si]1(C)C)[Si](C)(C)[Si]2(C)C. The lowest BCUT2D eigenvalue weighted by Crippen LogP contribution is -3.01. The van der Waals surface area contributed by atoms with Gasteiger partial charge in [0, 0.05) is 27.1 Å². The first-order chi connectivity index (χ1) is 10.3. The number of esters is 1. The van der Waals surface area contributed by atoms with E-state index in [-0.39, 0.29) is 10.3 Å². The summed E-state index contributed by atoms with van der Waals surface area (Å²) < 4.78 is 5.75. The zero-order valence-corrected chi connectivity index (χ0v) is 24.4. The third-order valence-electron chi connectivity index (χ3n) is 10.3. The van der Waals surface area contributed by atoms with Crippen LogP contribution in [0.1, 0.15) is 0 Å². The topological polar surface area (TPSA) is 26.3 Å². The Kier molecular flexibility index (Phi) is 4.37. The molecule has 24 heavy (non-hydrogen) atoms. The van der Waals surface area contributed by atoms with Crippen LogP contribution in [0.2, 0.25) is 87.6 Å². The lowest BCUT2D eigenvalue weighted by atomic mass is 10.8. The second kappa shape index (κ2) is 4.98. The maximum absolute atomic E-state index is 13.8. The van der Waals surface area contributed by atoms with Gasteiger partial charge in [0.25, 0.3) is 0 Å². The zero-order chi connectivity index (χ0) is 19.4. The van der Waals surface area contributed by atoms with Crippen LogP contribution in [0.15, 0.2) is 0 Å². The van der Waals surface area contributed by atoms with Crippen LogP contribution in [-0.2, 0) is 9.53 Å². The molecule has 2 nitrogen and oxygen atoms in total. The minimum Gasteiger partial charge on any atom is -0.469 e. The molecular weight excluding hydrogens is 393 g/mol. The van der Waals surface area contributed by atoms with Crippen molar-refractivity contribution in [3.8, 4) is 0 Å². The average Bonchev–Trinajstić information content (AvgIpc) is 2.33. The highest BCUT2D eigenvalue weighted by Gasteiger charge is 2.89. The van der Waals surface area contributed by atoms with Gasteiger partial charge in [-0.3, -0.25) is 4.79 Å². The standard InChI is InChI=1S/C16H40O2Si6/c1-18-14(17)16-22(8,9)19(2,3)15(20(4,5)23(16,10)11)21(6,7)24(16,12)13/h15H,1-13H3. The first-order valence-corrected chi connectivity index (χ1v) is 30.7. The highest BCUT2D eigenvalue weighted by Crippen LogP contribution is 2.74. The molecule has 0 N–H and O–H groups in total. The molecule has 3 rings (SSSR count). The number of fused-ring (bicyclic) bond motifs is 3. The molecule has 0 aromatic heterocycles. The first-order valence-electron chi connectivity index (χ1n) is 9.43. The minimum atomic E-state index is -1.72. The minimum absolute atomic E-state index is 0.0255. The molecule has 0 aromatic rings. The summed E-state index contributed by atoms with van der Waals surface area (Å²) in [6.07, 6.45) is 0. The predicted molar refractivity (Wildman–Crippen MR) is 123 cm³/mol. The quantitative estimate of drug-likeness (QED) is 0.433. The lowest BCUT2D eigenvalue weighted by molar-refractivity contribution is -0.140. The van der Waals surface area contributed by atoms with E-state index in [1.54, 1.807) is 7.11 Å². The Labute approximate surface area is 155 Å². The maximum Gasteiger partial charge on any atom is 0.302 e. The molecule has 8 heteroatoms. The summed E-state index contributed by atoms with van der Waals surface area (Å²) in [5.74, 6) is 0.257. The number of carbonyl (C=O) groups excluding carboxylic acids is 1. The smallest absolute Gasteiger partial charge is 0.302 e. The Hall–Kier alpha value is 0.771. The van der Waals surface area contributed by atoms with Crippen molar-refractivity contribution in [1.29, 1.82) is 0 Å². The van der Waals surface area contributed by atoms with Gasteiger partial charge >= 0.3 is 5.97 Å². The van der Waals surface area contributed by atoms with Crippen LogP contribution in [-0.4, -0.2) is 58.6 Å². The van der Waals surface area contributed by atoms with E-state index in [0.717, 1.165) is 4.79 Å².